The number of hydrogen-bond donors (Lipinski definition) is 2. The van der Waals surface area contributed by atoms with Crippen LogP contribution in [0.25, 0.3) is 0 Å². The van der Waals surface area contributed by atoms with E-state index in [0.717, 1.165) is 57.5 Å². The van der Waals surface area contributed by atoms with Crippen LogP contribution in [0.4, 0.5) is 0 Å². The van der Waals surface area contributed by atoms with Crippen molar-refractivity contribution in [1.82, 2.24) is 10.6 Å². The summed E-state index contributed by atoms with van der Waals surface area (Å²) >= 11 is 0. The molecule has 2 unspecified atom stereocenters. The minimum Gasteiger partial charge on any atom is -0.381 e. The van der Waals surface area contributed by atoms with E-state index in [-0.39, 0.29) is 0 Å². The summed E-state index contributed by atoms with van der Waals surface area (Å²) in [5.74, 6) is 1.70. The van der Waals surface area contributed by atoms with Crippen molar-refractivity contribution in [2.45, 2.75) is 44.8 Å². The lowest BCUT2D eigenvalue weighted by atomic mass is 10.1. The third kappa shape index (κ3) is 5.37. The number of hydrogen-bond acceptors (Lipinski definition) is 3. The third-order valence-electron chi connectivity index (χ3n) is 3.79. The van der Waals surface area contributed by atoms with E-state index in [2.05, 4.69) is 22.5 Å². The molecule has 5 heteroatoms. The zero-order chi connectivity index (χ0) is 13.5. The van der Waals surface area contributed by atoms with Crippen molar-refractivity contribution >= 4 is 5.96 Å². The molecule has 110 valence electrons. The van der Waals surface area contributed by atoms with Gasteiger partial charge in [-0.3, -0.25) is 4.99 Å². The molecule has 1 aliphatic heterocycles. The fraction of sp³-hybridized carbons (Fsp3) is 0.929. The zero-order valence-electron chi connectivity index (χ0n) is 12.2. The maximum Gasteiger partial charge on any atom is 0.191 e. The fourth-order valence-electron chi connectivity index (χ4n) is 2.26. The first kappa shape index (κ1) is 14.6. The first-order valence-electron chi connectivity index (χ1n) is 7.46. The van der Waals surface area contributed by atoms with Crippen molar-refractivity contribution in [3.05, 3.63) is 0 Å². The van der Waals surface area contributed by atoms with Gasteiger partial charge < -0.3 is 20.1 Å². The first-order chi connectivity index (χ1) is 9.29. The SMILES string of the molecule is CN=C(NCCCOC1CCOCC1)NC1CC1C. The number of ether oxygens (including phenoxy) is 2. The van der Waals surface area contributed by atoms with Gasteiger partial charge in [0.25, 0.3) is 0 Å². The molecule has 0 aromatic carbocycles. The Hall–Kier alpha value is -0.810. The van der Waals surface area contributed by atoms with Gasteiger partial charge in [0.1, 0.15) is 0 Å². The Balaban J connectivity index is 1.48. The van der Waals surface area contributed by atoms with Gasteiger partial charge in [0.2, 0.25) is 0 Å². The van der Waals surface area contributed by atoms with Gasteiger partial charge in [-0.05, 0) is 31.6 Å². The van der Waals surface area contributed by atoms with Crippen molar-refractivity contribution in [2.75, 3.05) is 33.4 Å². The van der Waals surface area contributed by atoms with Crippen LogP contribution in [-0.4, -0.2) is 51.5 Å². The molecule has 1 saturated heterocycles. The van der Waals surface area contributed by atoms with Gasteiger partial charge in [0, 0.05) is 39.5 Å². The van der Waals surface area contributed by atoms with E-state index in [0.29, 0.717) is 12.1 Å². The Morgan fingerprint density at radius 3 is 2.74 bits per heavy atom. The van der Waals surface area contributed by atoms with Gasteiger partial charge in [-0.25, -0.2) is 0 Å². The van der Waals surface area contributed by atoms with E-state index >= 15 is 0 Å². The lowest BCUT2D eigenvalue weighted by Crippen LogP contribution is -2.39. The summed E-state index contributed by atoms with van der Waals surface area (Å²) in [4.78, 5) is 4.23. The maximum atomic E-state index is 5.83. The molecule has 1 aliphatic carbocycles. The molecule has 2 N–H and O–H groups in total. The van der Waals surface area contributed by atoms with E-state index < -0.39 is 0 Å². The molecule has 0 aromatic rings. The highest BCUT2D eigenvalue weighted by molar-refractivity contribution is 5.80. The number of nitrogens with zero attached hydrogens (tertiary/aromatic N) is 1. The van der Waals surface area contributed by atoms with Crippen molar-refractivity contribution < 1.29 is 9.47 Å². The average Bonchev–Trinajstić information content (AvgIpc) is 3.13. The monoisotopic (exact) mass is 269 g/mol. The van der Waals surface area contributed by atoms with Gasteiger partial charge in [-0.1, -0.05) is 6.92 Å². The summed E-state index contributed by atoms with van der Waals surface area (Å²) in [6.07, 6.45) is 4.75. The molecule has 2 atom stereocenters. The van der Waals surface area contributed by atoms with Crippen LogP contribution in [0, 0.1) is 5.92 Å². The molecule has 19 heavy (non-hydrogen) atoms. The van der Waals surface area contributed by atoms with Gasteiger partial charge in [0.05, 0.1) is 6.10 Å². The van der Waals surface area contributed by atoms with Crippen LogP contribution in [0.3, 0.4) is 0 Å². The van der Waals surface area contributed by atoms with Crippen LogP contribution in [0.1, 0.15) is 32.6 Å². The lowest BCUT2D eigenvalue weighted by molar-refractivity contribution is -0.0320. The minimum atomic E-state index is 0.401. The number of guanidine groups is 1. The topological polar surface area (TPSA) is 54.9 Å². The van der Waals surface area contributed by atoms with Crippen molar-refractivity contribution in [2.24, 2.45) is 10.9 Å². The quantitative estimate of drug-likeness (QED) is 0.431. The molecule has 2 rings (SSSR count). The molecule has 1 saturated carbocycles. The molecule has 0 bridgehead atoms. The summed E-state index contributed by atoms with van der Waals surface area (Å²) in [6.45, 7) is 5.67. The molecule has 0 spiro atoms. The predicted molar refractivity (Wildman–Crippen MR) is 76.5 cm³/mol. The summed E-state index contributed by atoms with van der Waals surface area (Å²) in [5.41, 5.74) is 0. The lowest BCUT2D eigenvalue weighted by Gasteiger charge is -2.22. The van der Waals surface area contributed by atoms with Crippen molar-refractivity contribution in [3.8, 4) is 0 Å². The summed E-state index contributed by atoms with van der Waals surface area (Å²) in [7, 11) is 1.82. The Morgan fingerprint density at radius 1 is 1.37 bits per heavy atom. The molecule has 2 fully saturated rings. The Kier molecular flexibility index (Phi) is 5.92. The van der Waals surface area contributed by atoms with Crippen LogP contribution < -0.4 is 10.6 Å². The van der Waals surface area contributed by atoms with Gasteiger partial charge in [-0.2, -0.15) is 0 Å². The van der Waals surface area contributed by atoms with Gasteiger partial charge in [-0.15, -0.1) is 0 Å². The second kappa shape index (κ2) is 7.70. The van der Waals surface area contributed by atoms with Gasteiger partial charge in [0.15, 0.2) is 5.96 Å². The highest BCUT2D eigenvalue weighted by Crippen LogP contribution is 2.28. The first-order valence-corrected chi connectivity index (χ1v) is 7.46. The highest BCUT2D eigenvalue weighted by Gasteiger charge is 2.33. The average molecular weight is 269 g/mol. The predicted octanol–water partition coefficient (Wildman–Crippen LogP) is 1.15. The second-order valence-electron chi connectivity index (χ2n) is 5.50. The Labute approximate surface area is 116 Å². The Bertz CT molecular complexity index is 290. The maximum absolute atomic E-state index is 5.83. The van der Waals surface area contributed by atoms with Crippen LogP contribution in [0.2, 0.25) is 0 Å². The number of nitrogens with one attached hydrogen (secondary N) is 2. The molecule has 0 aromatic heterocycles. The van der Waals surface area contributed by atoms with E-state index in [1.165, 1.54) is 6.42 Å². The van der Waals surface area contributed by atoms with Crippen molar-refractivity contribution in [1.29, 1.82) is 0 Å². The summed E-state index contributed by atoms with van der Waals surface area (Å²) < 4.78 is 11.1. The zero-order valence-corrected chi connectivity index (χ0v) is 12.2. The number of rotatable bonds is 6. The minimum absolute atomic E-state index is 0.401. The van der Waals surface area contributed by atoms with Gasteiger partial charge >= 0.3 is 0 Å². The van der Waals surface area contributed by atoms with Crippen molar-refractivity contribution in [3.63, 3.8) is 0 Å². The summed E-state index contributed by atoms with van der Waals surface area (Å²) in [5, 5.41) is 6.75. The fourth-order valence-corrected chi connectivity index (χ4v) is 2.26. The molecule has 0 radical (unpaired) electrons. The molecular weight excluding hydrogens is 242 g/mol. The normalized spacial score (nSPS) is 28.2. The smallest absolute Gasteiger partial charge is 0.191 e. The van der Waals surface area contributed by atoms with E-state index in [4.69, 9.17) is 9.47 Å². The van der Waals surface area contributed by atoms with Crippen LogP contribution in [0.15, 0.2) is 4.99 Å². The molecular formula is C14H27N3O2. The van der Waals surface area contributed by atoms with Crippen LogP contribution in [-0.2, 0) is 9.47 Å². The summed E-state index contributed by atoms with van der Waals surface area (Å²) in [6, 6.07) is 0.615. The second-order valence-corrected chi connectivity index (χ2v) is 5.50. The molecule has 2 aliphatic rings. The molecule has 5 nitrogen and oxygen atoms in total. The van der Waals surface area contributed by atoms with E-state index in [1.807, 2.05) is 7.05 Å². The van der Waals surface area contributed by atoms with E-state index in [1.54, 1.807) is 0 Å². The largest absolute Gasteiger partial charge is 0.381 e. The Morgan fingerprint density at radius 2 is 2.11 bits per heavy atom. The van der Waals surface area contributed by atoms with Crippen LogP contribution >= 0.6 is 0 Å². The highest BCUT2D eigenvalue weighted by atomic mass is 16.5. The van der Waals surface area contributed by atoms with E-state index in [9.17, 15) is 0 Å². The third-order valence-corrected chi connectivity index (χ3v) is 3.79. The number of aliphatic imine (C=N–C) groups is 1. The standard InChI is InChI=1S/C14H27N3O2/c1-11-10-13(11)17-14(15-2)16-6-3-7-19-12-4-8-18-9-5-12/h11-13H,3-10H2,1-2H3,(H2,15,16,17). The molecule has 1 heterocycles. The van der Waals surface area contributed by atoms with Crippen LogP contribution in [0.5, 0.6) is 0 Å². The molecule has 0 amide bonds.